The normalized spacial score (nSPS) is 25.4. The van der Waals surface area contributed by atoms with Gasteiger partial charge >= 0.3 is 5.97 Å². The van der Waals surface area contributed by atoms with Gasteiger partial charge in [-0.3, -0.25) is 14.5 Å². The van der Waals surface area contributed by atoms with Crippen LogP contribution in [0.15, 0.2) is 28.8 Å². The van der Waals surface area contributed by atoms with E-state index >= 15 is 0 Å². The first-order chi connectivity index (χ1) is 11.9. The smallest absolute Gasteiger partial charge is 0.352 e. The minimum atomic E-state index is -1.52. The number of β-lactam (4-membered cyclic amide) rings is 1. The first-order valence-electron chi connectivity index (χ1n) is 7.29. The number of methoxy groups -OCH3 is 1. The molecule has 2 N–H and O–H groups in total. The Kier molecular flexibility index (Phi) is 5.42. The zero-order valence-electron chi connectivity index (χ0n) is 13.2. The largest absolute Gasteiger partial charge is 0.477 e. The number of halogens is 1. The van der Waals surface area contributed by atoms with Gasteiger partial charge in [0, 0.05) is 22.2 Å². The van der Waals surface area contributed by atoms with Gasteiger partial charge in [-0.2, -0.15) is 0 Å². The molecule has 25 heavy (non-hydrogen) atoms. The standard InChI is InChI=1S/C15H15IN2O5S2/c1-23-15(17-10(19)5-9-3-2-4-24-9)13(22)18-11(12(20)21)8(6-16)7-25-14(15)18/h2-4,14H,5-7H2,1H3,(H,17,19)(H,20,21)/t14-,15?/m0/s1. The number of nitrogens with zero attached hydrogens (tertiary/aromatic N) is 1. The molecule has 0 aromatic carbocycles. The number of carboxylic acids is 1. The predicted molar refractivity (Wildman–Crippen MR) is 103 cm³/mol. The molecule has 1 aromatic heterocycles. The average Bonchev–Trinajstić information content (AvgIpc) is 3.10. The van der Waals surface area contributed by atoms with Crippen LogP contribution >= 0.6 is 45.7 Å². The number of thioether (sulfide) groups is 1. The topological polar surface area (TPSA) is 95.9 Å². The Labute approximate surface area is 165 Å². The Balaban J connectivity index is 1.82. The van der Waals surface area contributed by atoms with Crippen LogP contribution in [0.4, 0.5) is 0 Å². The van der Waals surface area contributed by atoms with Gasteiger partial charge in [0.25, 0.3) is 11.6 Å². The third kappa shape index (κ3) is 3.09. The molecule has 0 radical (unpaired) electrons. The van der Waals surface area contributed by atoms with Crippen molar-refractivity contribution in [2.45, 2.75) is 17.5 Å². The van der Waals surface area contributed by atoms with Crippen LogP contribution in [0.2, 0.25) is 0 Å². The summed E-state index contributed by atoms with van der Waals surface area (Å²) in [5, 5.41) is 13.4. The highest BCUT2D eigenvalue weighted by atomic mass is 127. The molecule has 2 amide bonds. The Hall–Kier alpha value is -1.11. The van der Waals surface area contributed by atoms with E-state index in [1.165, 1.54) is 35.1 Å². The van der Waals surface area contributed by atoms with Crippen molar-refractivity contribution < 1.29 is 24.2 Å². The number of carbonyl (C=O) groups excluding carboxylic acids is 2. The van der Waals surface area contributed by atoms with E-state index in [9.17, 15) is 19.5 Å². The molecule has 1 saturated heterocycles. The maximum Gasteiger partial charge on any atom is 0.352 e. The Bertz CT molecular complexity index is 751. The summed E-state index contributed by atoms with van der Waals surface area (Å²) in [6.45, 7) is 0. The van der Waals surface area contributed by atoms with Crippen molar-refractivity contribution in [2.24, 2.45) is 0 Å². The summed E-state index contributed by atoms with van der Waals surface area (Å²) >= 11 is 4.93. The van der Waals surface area contributed by atoms with Gasteiger partial charge in [-0.05, 0) is 17.0 Å². The van der Waals surface area contributed by atoms with E-state index in [1.807, 2.05) is 17.5 Å². The minimum absolute atomic E-state index is 0.00308. The lowest BCUT2D eigenvalue weighted by atomic mass is 9.98. The lowest BCUT2D eigenvalue weighted by Crippen LogP contribution is -2.80. The van der Waals surface area contributed by atoms with E-state index in [-0.39, 0.29) is 18.0 Å². The molecule has 1 fully saturated rings. The quantitative estimate of drug-likeness (QED) is 0.269. The minimum Gasteiger partial charge on any atom is -0.477 e. The lowest BCUT2D eigenvalue weighted by Gasteiger charge is -2.55. The van der Waals surface area contributed by atoms with Crippen molar-refractivity contribution >= 4 is 63.5 Å². The van der Waals surface area contributed by atoms with Crippen molar-refractivity contribution in [3.63, 3.8) is 0 Å². The van der Waals surface area contributed by atoms with Gasteiger partial charge in [-0.1, -0.05) is 28.7 Å². The van der Waals surface area contributed by atoms with Crippen molar-refractivity contribution in [1.29, 1.82) is 0 Å². The monoisotopic (exact) mass is 494 g/mol. The lowest BCUT2D eigenvalue weighted by molar-refractivity contribution is -0.192. The van der Waals surface area contributed by atoms with Crippen LogP contribution in [0.1, 0.15) is 4.88 Å². The molecular weight excluding hydrogens is 479 g/mol. The second-order valence-corrected chi connectivity index (χ2v) is 8.34. The third-order valence-electron chi connectivity index (χ3n) is 4.04. The predicted octanol–water partition coefficient (Wildman–Crippen LogP) is 1.44. The fourth-order valence-electron chi connectivity index (χ4n) is 2.87. The highest BCUT2D eigenvalue weighted by Gasteiger charge is 2.66. The Morgan fingerprint density at radius 2 is 2.32 bits per heavy atom. The molecule has 2 atom stereocenters. The number of carboxylic acid groups (broad SMARTS) is 1. The number of hydrogen-bond acceptors (Lipinski definition) is 6. The number of thiophene rings is 1. The molecule has 1 unspecified atom stereocenters. The van der Waals surface area contributed by atoms with Gasteiger partial charge in [-0.15, -0.1) is 23.1 Å². The molecule has 7 nitrogen and oxygen atoms in total. The molecule has 0 aliphatic carbocycles. The van der Waals surface area contributed by atoms with Crippen LogP contribution in [0.5, 0.6) is 0 Å². The van der Waals surface area contributed by atoms with Crippen LogP contribution in [0.25, 0.3) is 0 Å². The molecule has 0 saturated carbocycles. The number of carbonyl (C=O) groups is 3. The fraction of sp³-hybridized carbons (Fsp3) is 0.400. The van der Waals surface area contributed by atoms with Crippen molar-refractivity contribution in [3.05, 3.63) is 33.7 Å². The van der Waals surface area contributed by atoms with Crippen LogP contribution in [0.3, 0.4) is 0 Å². The number of nitrogens with one attached hydrogen (secondary N) is 1. The van der Waals surface area contributed by atoms with Gasteiger partial charge < -0.3 is 15.2 Å². The first kappa shape index (κ1) is 18.7. The number of rotatable bonds is 6. The molecular formula is C15H15IN2O5S2. The van der Waals surface area contributed by atoms with Crippen molar-refractivity contribution in [3.8, 4) is 0 Å². The fourth-order valence-corrected chi connectivity index (χ4v) is 6.01. The molecule has 10 heteroatoms. The highest BCUT2D eigenvalue weighted by Crippen LogP contribution is 2.46. The van der Waals surface area contributed by atoms with Gasteiger partial charge in [0.2, 0.25) is 5.91 Å². The number of ether oxygens (including phenoxy) is 1. The molecule has 0 bridgehead atoms. The molecule has 1 aromatic rings. The number of amides is 2. The summed E-state index contributed by atoms with van der Waals surface area (Å²) in [7, 11) is 1.35. The van der Waals surface area contributed by atoms with Crippen LogP contribution in [-0.4, -0.2) is 56.2 Å². The Morgan fingerprint density at radius 3 is 2.88 bits per heavy atom. The van der Waals surface area contributed by atoms with E-state index in [2.05, 4.69) is 27.9 Å². The Morgan fingerprint density at radius 1 is 1.56 bits per heavy atom. The first-order valence-corrected chi connectivity index (χ1v) is 10.7. The van der Waals surface area contributed by atoms with Gasteiger partial charge in [0.15, 0.2) is 0 Å². The van der Waals surface area contributed by atoms with E-state index in [1.54, 1.807) is 0 Å². The summed E-state index contributed by atoms with van der Waals surface area (Å²) in [5.41, 5.74) is -0.822. The van der Waals surface area contributed by atoms with Gasteiger partial charge in [0.05, 0.1) is 6.42 Å². The number of alkyl halides is 1. The number of hydrogen-bond donors (Lipinski definition) is 2. The molecule has 134 valence electrons. The molecule has 2 aliphatic rings. The SMILES string of the molecule is COC1(NC(=O)Cc2cccs2)C(=O)N2C(C(=O)O)=C(CI)CS[C@H]21. The van der Waals surface area contributed by atoms with Gasteiger partial charge in [0.1, 0.15) is 11.1 Å². The summed E-state index contributed by atoms with van der Waals surface area (Å²) < 4.78 is 5.91. The van der Waals surface area contributed by atoms with E-state index < -0.39 is 23.0 Å². The zero-order valence-corrected chi connectivity index (χ0v) is 16.9. The summed E-state index contributed by atoms with van der Waals surface area (Å²) in [4.78, 5) is 38.8. The molecule has 2 aliphatic heterocycles. The van der Waals surface area contributed by atoms with E-state index in [0.717, 1.165) is 4.88 Å². The second kappa shape index (κ2) is 7.25. The van der Waals surface area contributed by atoms with Crippen molar-refractivity contribution in [1.82, 2.24) is 10.2 Å². The van der Waals surface area contributed by atoms with Crippen LogP contribution < -0.4 is 5.32 Å². The zero-order chi connectivity index (χ0) is 18.2. The number of aliphatic carboxylic acids is 1. The summed E-state index contributed by atoms with van der Waals surface area (Å²) in [6.07, 6.45) is 0.147. The van der Waals surface area contributed by atoms with Crippen LogP contribution in [-0.2, 0) is 25.5 Å². The van der Waals surface area contributed by atoms with Gasteiger partial charge in [-0.25, -0.2) is 4.79 Å². The van der Waals surface area contributed by atoms with Crippen LogP contribution in [0, 0.1) is 0 Å². The molecule has 0 spiro atoms. The highest BCUT2D eigenvalue weighted by molar-refractivity contribution is 14.1. The molecule has 3 heterocycles. The second-order valence-electron chi connectivity index (χ2n) is 5.47. The average molecular weight is 494 g/mol. The summed E-state index contributed by atoms with van der Waals surface area (Å²) in [5.74, 6) is -1.55. The summed E-state index contributed by atoms with van der Waals surface area (Å²) in [6, 6.07) is 3.69. The van der Waals surface area contributed by atoms with E-state index in [4.69, 9.17) is 4.74 Å². The molecule has 3 rings (SSSR count). The third-order valence-corrected chi connectivity index (χ3v) is 7.21. The maximum atomic E-state index is 12.7. The number of fused-ring (bicyclic) bond motifs is 1. The maximum absolute atomic E-state index is 12.7. The van der Waals surface area contributed by atoms with Crippen molar-refractivity contribution in [2.75, 3.05) is 17.3 Å². The van der Waals surface area contributed by atoms with E-state index in [0.29, 0.717) is 15.8 Å².